The van der Waals surface area contributed by atoms with Crippen LogP contribution in [0.1, 0.15) is 25.0 Å². The number of nitrogens with two attached hydrogens (primary N) is 1. The van der Waals surface area contributed by atoms with Crippen LogP contribution >= 0.6 is 0 Å². The van der Waals surface area contributed by atoms with E-state index in [9.17, 15) is 13.2 Å². The molecule has 1 aliphatic rings. The molecule has 2 atom stereocenters. The van der Waals surface area contributed by atoms with E-state index < -0.39 is 11.9 Å². The van der Waals surface area contributed by atoms with Crippen molar-refractivity contribution in [3.63, 3.8) is 0 Å². The third kappa shape index (κ3) is 3.59. The van der Waals surface area contributed by atoms with Crippen LogP contribution in [0.2, 0.25) is 0 Å². The van der Waals surface area contributed by atoms with Gasteiger partial charge in [0.05, 0.1) is 0 Å². The van der Waals surface area contributed by atoms with Gasteiger partial charge in [0.1, 0.15) is 11.5 Å². The third-order valence-corrected chi connectivity index (χ3v) is 3.70. The number of halogens is 3. The van der Waals surface area contributed by atoms with Gasteiger partial charge < -0.3 is 11.1 Å². The van der Waals surface area contributed by atoms with Crippen LogP contribution in [0.5, 0.6) is 0 Å². The molecule has 106 valence electrons. The van der Waals surface area contributed by atoms with Crippen LogP contribution in [0.3, 0.4) is 0 Å². The summed E-state index contributed by atoms with van der Waals surface area (Å²) in [6.45, 7) is 1.28. The average Bonchev–Trinajstić information content (AvgIpc) is 2.83. The summed E-state index contributed by atoms with van der Waals surface area (Å²) in [7, 11) is 0. The van der Waals surface area contributed by atoms with Gasteiger partial charge in [-0.3, -0.25) is 0 Å². The fourth-order valence-electron chi connectivity index (χ4n) is 2.62. The van der Waals surface area contributed by atoms with E-state index in [1.54, 1.807) is 6.07 Å². The highest BCUT2D eigenvalue weighted by atomic mass is 19.4. The number of rotatable bonds is 4. The Hall–Kier alpha value is -1.30. The standard InChI is InChI=1S/C13H18F3N3/c14-13(15,16)11-5-2-6-12(19-11)18-8-10-4-1-3-9(10)7-17/h2,5-6,9-10H,1,3-4,7-8,17H2,(H,18,19). The molecule has 2 rings (SSSR count). The zero-order valence-electron chi connectivity index (χ0n) is 10.6. The van der Waals surface area contributed by atoms with Crippen LogP contribution in [-0.2, 0) is 6.18 Å². The van der Waals surface area contributed by atoms with Crippen LogP contribution in [0.4, 0.5) is 19.0 Å². The predicted octanol–water partition coefficient (Wildman–Crippen LogP) is 2.89. The van der Waals surface area contributed by atoms with Crippen LogP contribution in [0.25, 0.3) is 0 Å². The lowest BCUT2D eigenvalue weighted by atomic mass is 9.96. The van der Waals surface area contributed by atoms with Crippen LogP contribution in [0, 0.1) is 11.8 Å². The molecule has 19 heavy (non-hydrogen) atoms. The molecule has 1 aliphatic carbocycles. The Morgan fingerprint density at radius 2 is 2.00 bits per heavy atom. The number of pyridine rings is 1. The first-order valence-corrected chi connectivity index (χ1v) is 6.49. The maximum absolute atomic E-state index is 12.5. The SMILES string of the molecule is NCC1CCCC1CNc1cccc(C(F)(F)F)n1. The van der Waals surface area contributed by atoms with Gasteiger partial charge in [-0.05, 0) is 43.4 Å². The molecule has 0 bridgehead atoms. The van der Waals surface area contributed by atoms with Crippen LogP contribution < -0.4 is 11.1 Å². The van der Waals surface area contributed by atoms with Gasteiger partial charge in [0, 0.05) is 6.54 Å². The zero-order valence-corrected chi connectivity index (χ0v) is 10.6. The van der Waals surface area contributed by atoms with Crippen molar-refractivity contribution < 1.29 is 13.2 Å². The molecule has 2 unspecified atom stereocenters. The number of hydrogen-bond donors (Lipinski definition) is 2. The Balaban J connectivity index is 1.96. The Morgan fingerprint density at radius 1 is 1.26 bits per heavy atom. The first-order chi connectivity index (χ1) is 9.00. The van der Waals surface area contributed by atoms with Crippen molar-refractivity contribution in [2.24, 2.45) is 17.6 Å². The average molecular weight is 273 g/mol. The fourth-order valence-corrected chi connectivity index (χ4v) is 2.62. The lowest BCUT2D eigenvalue weighted by Crippen LogP contribution is -2.24. The van der Waals surface area contributed by atoms with Gasteiger partial charge in [-0.25, -0.2) is 4.98 Å². The van der Waals surface area contributed by atoms with Crippen molar-refractivity contribution >= 4 is 5.82 Å². The van der Waals surface area contributed by atoms with Gasteiger partial charge in [-0.15, -0.1) is 0 Å². The van der Waals surface area contributed by atoms with E-state index in [0.29, 0.717) is 24.9 Å². The molecule has 0 radical (unpaired) electrons. The topological polar surface area (TPSA) is 50.9 Å². The molecule has 1 heterocycles. The second-order valence-corrected chi connectivity index (χ2v) is 4.97. The molecule has 0 amide bonds. The van der Waals surface area contributed by atoms with E-state index in [4.69, 9.17) is 5.73 Å². The number of nitrogens with one attached hydrogen (secondary N) is 1. The molecule has 1 aromatic rings. The molecule has 0 spiro atoms. The second-order valence-electron chi connectivity index (χ2n) is 4.97. The quantitative estimate of drug-likeness (QED) is 0.887. The molecule has 0 saturated heterocycles. The van der Waals surface area contributed by atoms with Crippen molar-refractivity contribution in [1.29, 1.82) is 0 Å². The molecule has 0 aromatic carbocycles. The van der Waals surface area contributed by atoms with Crippen molar-refractivity contribution in [3.8, 4) is 0 Å². The Morgan fingerprint density at radius 3 is 2.68 bits per heavy atom. The summed E-state index contributed by atoms with van der Waals surface area (Å²) in [6, 6.07) is 3.90. The third-order valence-electron chi connectivity index (χ3n) is 3.70. The summed E-state index contributed by atoms with van der Waals surface area (Å²) >= 11 is 0. The van der Waals surface area contributed by atoms with Gasteiger partial charge >= 0.3 is 6.18 Å². The van der Waals surface area contributed by atoms with Gasteiger partial charge in [-0.1, -0.05) is 12.5 Å². The summed E-state index contributed by atoms with van der Waals surface area (Å²) in [5.74, 6) is 1.18. The zero-order chi connectivity index (χ0) is 13.9. The normalized spacial score (nSPS) is 23.6. The van der Waals surface area contributed by atoms with Gasteiger partial charge in [0.25, 0.3) is 0 Å². The van der Waals surface area contributed by atoms with Gasteiger partial charge in [-0.2, -0.15) is 13.2 Å². The highest BCUT2D eigenvalue weighted by Gasteiger charge is 2.32. The minimum absolute atomic E-state index is 0.275. The molecule has 3 nitrogen and oxygen atoms in total. The Labute approximate surface area is 110 Å². The first kappa shape index (κ1) is 14.1. The summed E-state index contributed by atoms with van der Waals surface area (Å²) < 4.78 is 37.6. The summed E-state index contributed by atoms with van der Waals surface area (Å²) in [5.41, 5.74) is 4.82. The smallest absolute Gasteiger partial charge is 0.370 e. The number of nitrogens with zero attached hydrogens (tertiary/aromatic N) is 1. The maximum Gasteiger partial charge on any atom is 0.433 e. The molecule has 1 saturated carbocycles. The van der Waals surface area contributed by atoms with Crippen LogP contribution in [-0.4, -0.2) is 18.1 Å². The van der Waals surface area contributed by atoms with Crippen molar-refractivity contribution in [2.75, 3.05) is 18.4 Å². The second kappa shape index (κ2) is 5.77. The summed E-state index contributed by atoms with van der Waals surface area (Å²) in [6.07, 6.45) is -1.07. The molecule has 6 heteroatoms. The minimum atomic E-state index is -4.40. The van der Waals surface area contributed by atoms with Crippen molar-refractivity contribution in [1.82, 2.24) is 4.98 Å². The molecular weight excluding hydrogens is 255 g/mol. The van der Waals surface area contributed by atoms with Crippen molar-refractivity contribution in [3.05, 3.63) is 23.9 Å². The first-order valence-electron chi connectivity index (χ1n) is 6.49. The monoisotopic (exact) mass is 273 g/mol. The maximum atomic E-state index is 12.5. The number of aromatic nitrogens is 1. The summed E-state index contributed by atoms with van der Waals surface area (Å²) in [5, 5.41) is 3.00. The van der Waals surface area contributed by atoms with E-state index in [1.807, 2.05) is 0 Å². The van der Waals surface area contributed by atoms with Crippen molar-refractivity contribution in [2.45, 2.75) is 25.4 Å². The molecule has 3 N–H and O–H groups in total. The van der Waals surface area contributed by atoms with E-state index in [-0.39, 0.29) is 5.82 Å². The number of hydrogen-bond acceptors (Lipinski definition) is 3. The molecule has 1 aromatic heterocycles. The molecular formula is C13H18F3N3. The van der Waals surface area contributed by atoms with E-state index in [2.05, 4.69) is 10.3 Å². The lowest BCUT2D eigenvalue weighted by Gasteiger charge is -2.18. The Bertz CT molecular complexity index is 420. The number of alkyl halides is 3. The lowest BCUT2D eigenvalue weighted by molar-refractivity contribution is -0.141. The highest BCUT2D eigenvalue weighted by molar-refractivity contribution is 5.36. The summed E-state index contributed by atoms with van der Waals surface area (Å²) in [4.78, 5) is 3.59. The largest absolute Gasteiger partial charge is 0.433 e. The van der Waals surface area contributed by atoms with Crippen LogP contribution in [0.15, 0.2) is 18.2 Å². The number of anilines is 1. The highest BCUT2D eigenvalue weighted by Crippen LogP contribution is 2.31. The van der Waals surface area contributed by atoms with Gasteiger partial charge in [0.15, 0.2) is 0 Å². The van der Waals surface area contributed by atoms with E-state index in [1.165, 1.54) is 6.07 Å². The predicted molar refractivity (Wildman–Crippen MR) is 67.6 cm³/mol. The Kier molecular flexibility index (Phi) is 4.29. The molecule has 0 aliphatic heterocycles. The van der Waals surface area contributed by atoms with E-state index >= 15 is 0 Å². The molecule has 1 fully saturated rings. The minimum Gasteiger partial charge on any atom is -0.370 e. The van der Waals surface area contributed by atoms with E-state index in [0.717, 1.165) is 25.3 Å². The van der Waals surface area contributed by atoms with Gasteiger partial charge in [0.2, 0.25) is 0 Å². The fraction of sp³-hybridized carbons (Fsp3) is 0.615.